The van der Waals surface area contributed by atoms with Gasteiger partial charge in [-0.15, -0.1) is 0 Å². The summed E-state index contributed by atoms with van der Waals surface area (Å²) in [6.07, 6.45) is 1.78. The van der Waals surface area contributed by atoms with Gasteiger partial charge >= 0.3 is 5.97 Å². The molecule has 0 spiro atoms. The lowest BCUT2D eigenvalue weighted by Gasteiger charge is -2.17. The molecule has 1 aromatic carbocycles. The summed E-state index contributed by atoms with van der Waals surface area (Å²) in [4.78, 5) is 18.1. The Morgan fingerprint density at radius 2 is 1.90 bits per heavy atom. The highest BCUT2D eigenvalue weighted by molar-refractivity contribution is 5.90. The molecule has 0 radical (unpaired) electrons. The van der Waals surface area contributed by atoms with E-state index < -0.39 is 0 Å². The average molecular weight is 270 g/mol. The second-order valence-electron chi connectivity index (χ2n) is 4.64. The zero-order valence-electron chi connectivity index (χ0n) is 11.7. The van der Waals surface area contributed by atoms with Gasteiger partial charge in [-0.1, -0.05) is 24.3 Å². The van der Waals surface area contributed by atoms with Gasteiger partial charge in [-0.25, -0.2) is 4.79 Å². The van der Waals surface area contributed by atoms with Crippen LogP contribution >= 0.6 is 0 Å². The third-order valence-electron chi connectivity index (χ3n) is 3.02. The number of esters is 1. The molecule has 0 bridgehead atoms. The van der Waals surface area contributed by atoms with Gasteiger partial charge in [0.25, 0.3) is 0 Å². The Hall–Kier alpha value is -2.20. The Kier molecular flexibility index (Phi) is 4.85. The van der Waals surface area contributed by atoms with E-state index in [4.69, 9.17) is 4.74 Å². The van der Waals surface area contributed by atoms with E-state index in [1.165, 1.54) is 7.11 Å². The molecular formula is C16H18N2O2. The fraction of sp³-hybridized carbons (Fsp3) is 0.250. The smallest absolute Gasteiger partial charge is 0.338 e. The summed E-state index contributed by atoms with van der Waals surface area (Å²) < 4.78 is 4.81. The molecule has 0 amide bonds. The van der Waals surface area contributed by atoms with Crippen LogP contribution in [0.5, 0.6) is 0 Å². The first-order valence-corrected chi connectivity index (χ1v) is 6.45. The lowest BCUT2D eigenvalue weighted by molar-refractivity contribution is 0.0598. The monoisotopic (exact) mass is 270 g/mol. The summed E-state index contributed by atoms with van der Waals surface area (Å²) in [5.74, 6) is -0.299. The van der Waals surface area contributed by atoms with Crippen molar-refractivity contribution in [2.45, 2.75) is 13.1 Å². The number of hydrogen-bond donors (Lipinski definition) is 0. The number of rotatable bonds is 5. The predicted octanol–water partition coefficient (Wildman–Crippen LogP) is 2.50. The molecule has 1 aromatic heterocycles. The first kappa shape index (κ1) is 14.2. The average Bonchev–Trinajstić information content (AvgIpc) is 2.48. The normalized spacial score (nSPS) is 10.6. The van der Waals surface area contributed by atoms with Gasteiger partial charge in [0.1, 0.15) is 0 Å². The van der Waals surface area contributed by atoms with Crippen molar-refractivity contribution < 1.29 is 9.53 Å². The number of pyridine rings is 1. The van der Waals surface area contributed by atoms with Crippen LogP contribution in [0, 0.1) is 0 Å². The van der Waals surface area contributed by atoms with E-state index >= 15 is 0 Å². The molecule has 4 heteroatoms. The zero-order valence-corrected chi connectivity index (χ0v) is 11.7. The van der Waals surface area contributed by atoms with Crippen LogP contribution < -0.4 is 0 Å². The van der Waals surface area contributed by atoms with Crippen LogP contribution in [0.2, 0.25) is 0 Å². The minimum Gasteiger partial charge on any atom is -0.465 e. The number of carbonyl (C=O) groups is 1. The molecule has 0 fully saturated rings. The predicted molar refractivity (Wildman–Crippen MR) is 77.2 cm³/mol. The van der Waals surface area contributed by atoms with E-state index in [2.05, 4.69) is 9.88 Å². The number of methoxy groups -OCH3 is 1. The van der Waals surface area contributed by atoms with E-state index in [0.29, 0.717) is 12.1 Å². The minimum atomic E-state index is -0.299. The molecule has 0 unspecified atom stereocenters. The molecule has 0 N–H and O–H groups in total. The van der Waals surface area contributed by atoms with Gasteiger partial charge in [0.2, 0.25) is 0 Å². The largest absolute Gasteiger partial charge is 0.465 e. The van der Waals surface area contributed by atoms with Crippen molar-refractivity contribution in [3.63, 3.8) is 0 Å². The van der Waals surface area contributed by atoms with Crippen LogP contribution in [0.25, 0.3) is 0 Å². The fourth-order valence-electron chi connectivity index (χ4n) is 2.08. The van der Waals surface area contributed by atoms with Gasteiger partial charge in [0, 0.05) is 19.3 Å². The Bertz CT molecular complexity index is 570. The highest BCUT2D eigenvalue weighted by Gasteiger charge is 2.12. The van der Waals surface area contributed by atoms with Crippen molar-refractivity contribution in [3.8, 4) is 0 Å². The van der Waals surface area contributed by atoms with Crippen molar-refractivity contribution in [1.82, 2.24) is 9.88 Å². The van der Waals surface area contributed by atoms with Gasteiger partial charge < -0.3 is 4.74 Å². The molecule has 2 rings (SSSR count). The van der Waals surface area contributed by atoms with Gasteiger partial charge in [0.05, 0.1) is 18.4 Å². The standard InChI is InChI=1S/C16H18N2O2/c1-18(12-14-8-5-6-10-17-14)11-13-7-3-4-9-15(13)16(19)20-2/h3-10H,11-12H2,1-2H3. The first-order chi connectivity index (χ1) is 9.70. The maximum atomic E-state index is 11.7. The third-order valence-corrected chi connectivity index (χ3v) is 3.02. The van der Waals surface area contributed by atoms with Crippen molar-refractivity contribution in [2.75, 3.05) is 14.2 Å². The van der Waals surface area contributed by atoms with Crippen LogP contribution in [0.3, 0.4) is 0 Å². The topological polar surface area (TPSA) is 42.4 Å². The third kappa shape index (κ3) is 3.65. The summed E-state index contributed by atoms with van der Waals surface area (Å²) in [7, 11) is 3.40. The van der Waals surface area contributed by atoms with E-state index in [0.717, 1.165) is 17.8 Å². The number of ether oxygens (including phenoxy) is 1. The maximum Gasteiger partial charge on any atom is 0.338 e. The van der Waals surface area contributed by atoms with E-state index in [1.54, 1.807) is 12.3 Å². The quantitative estimate of drug-likeness (QED) is 0.783. The molecule has 1 heterocycles. The molecule has 20 heavy (non-hydrogen) atoms. The summed E-state index contributed by atoms with van der Waals surface area (Å²) in [6.45, 7) is 1.40. The summed E-state index contributed by atoms with van der Waals surface area (Å²) >= 11 is 0. The van der Waals surface area contributed by atoms with Crippen molar-refractivity contribution in [1.29, 1.82) is 0 Å². The van der Waals surface area contributed by atoms with Crippen LogP contribution in [0.1, 0.15) is 21.6 Å². The van der Waals surface area contributed by atoms with Gasteiger partial charge in [-0.3, -0.25) is 9.88 Å². The number of aromatic nitrogens is 1. The lowest BCUT2D eigenvalue weighted by atomic mass is 10.1. The van der Waals surface area contributed by atoms with Crippen LogP contribution in [0.4, 0.5) is 0 Å². The number of hydrogen-bond acceptors (Lipinski definition) is 4. The summed E-state index contributed by atoms with van der Waals surface area (Å²) in [5, 5.41) is 0. The Balaban J connectivity index is 2.08. The Labute approximate surface area is 119 Å². The minimum absolute atomic E-state index is 0.299. The highest BCUT2D eigenvalue weighted by atomic mass is 16.5. The number of carbonyl (C=O) groups excluding carboxylic acids is 1. The molecule has 0 aliphatic rings. The van der Waals surface area contributed by atoms with E-state index in [-0.39, 0.29) is 5.97 Å². The summed E-state index contributed by atoms with van der Waals surface area (Å²) in [6, 6.07) is 13.4. The second kappa shape index (κ2) is 6.82. The zero-order chi connectivity index (χ0) is 14.4. The Morgan fingerprint density at radius 1 is 1.15 bits per heavy atom. The van der Waals surface area contributed by atoms with Crippen molar-refractivity contribution in [2.24, 2.45) is 0 Å². The molecule has 0 saturated carbocycles. The maximum absolute atomic E-state index is 11.7. The number of nitrogens with zero attached hydrogens (tertiary/aromatic N) is 2. The van der Waals surface area contributed by atoms with Crippen molar-refractivity contribution in [3.05, 3.63) is 65.5 Å². The molecule has 104 valence electrons. The van der Waals surface area contributed by atoms with Crippen LogP contribution in [-0.4, -0.2) is 30.0 Å². The molecule has 0 aliphatic carbocycles. The SMILES string of the molecule is COC(=O)c1ccccc1CN(C)Cc1ccccn1. The molecule has 4 nitrogen and oxygen atoms in total. The van der Waals surface area contributed by atoms with Crippen LogP contribution in [0.15, 0.2) is 48.7 Å². The molecule has 2 aromatic rings. The highest BCUT2D eigenvalue weighted by Crippen LogP contribution is 2.13. The first-order valence-electron chi connectivity index (χ1n) is 6.45. The van der Waals surface area contributed by atoms with Crippen molar-refractivity contribution >= 4 is 5.97 Å². The van der Waals surface area contributed by atoms with E-state index in [9.17, 15) is 4.79 Å². The van der Waals surface area contributed by atoms with Gasteiger partial charge in [-0.2, -0.15) is 0 Å². The van der Waals surface area contributed by atoms with Crippen LogP contribution in [-0.2, 0) is 17.8 Å². The van der Waals surface area contributed by atoms with Gasteiger partial charge in [0.15, 0.2) is 0 Å². The fourth-order valence-corrected chi connectivity index (χ4v) is 2.08. The van der Waals surface area contributed by atoms with Gasteiger partial charge in [-0.05, 0) is 30.8 Å². The molecule has 0 atom stereocenters. The number of benzene rings is 1. The Morgan fingerprint density at radius 3 is 2.60 bits per heavy atom. The summed E-state index contributed by atoms with van der Waals surface area (Å²) in [5.41, 5.74) is 2.58. The lowest BCUT2D eigenvalue weighted by Crippen LogP contribution is -2.20. The second-order valence-corrected chi connectivity index (χ2v) is 4.64. The molecular weight excluding hydrogens is 252 g/mol. The molecule has 0 aliphatic heterocycles. The van der Waals surface area contributed by atoms with E-state index in [1.807, 2.05) is 43.4 Å². The molecule has 0 saturated heterocycles.